The SMILES string of the molecule is O=C1OC2(CN(C(=O)CC(F)(F)F)C2)c2ccc(C3=NSC(c4cc(Cl)c(F)c(Cl)c4)(C(F)(F)F)C3)cc21. The molecule has 2 aromatic carbocycles. The molecule has 1 spiro atoms. The molecule has 0 radical (unpaired) electrons. The standard InChI is InChI=1S/C23H13Cl2F7N2O3S/c24-14-4-11(5-15(25)18(14)26)21(23(30,31)32)6-16(33-38-21)10-1-2-13-12(3-10)19(36)37-20(13)8-34(9-20)17(35)7-22(27,28)29/h1-5H,6-9H2. The summed E-state index contributed by atoms with van der Waals surface area (Å²) in [4.78, 5) is 25.3. The summed E-state index contributed by atoms with van der Waals surface area (Å²) in [5, 5.41) is -1.17. The third kappa shape index (κ3) is 4.32. The normalized spacial score (nSPS) is 22.3. The van der Waals surface area contributed by atoms with Crippen molar-refractivity contribution in [2.24, 2.45) is 4.40 Å². The van der Waals surface area contributed by atoms with Crippen LogP contribution in [0.5, 0.6) is 0 Å². The van der Waals surface area contributed by atoms with Crippen LogP contribution in [0.1, 0.15) is 39.9 Å². The highest BCUT2D eigenvalue weighted by Crippen LogP contribution is 2.57. The van der Waals surface area contributed by atoms with E-state index < -0.39 is 68.8 Å². The van der Waals surface area contributed by atoms with Crippen LogP contribution in [0, 0.1) is 5.82 Å². The van der Waals surface area contributed by atoms with Gasteiger partial charge in [-0.15, -0.1) is 0 Å². The van der Waals surface area contributed by atoms with Gasteiger partial charge in [0, 0.05) is 12.0 Å². The van der Waals surface area contributed by atoms with Gasteiger partial charge >= 0.3 is 18.3 Å². The summed E-state index contributed by atoms with van der Waals surface area (Å²) in [5.74, 6) is -3.04. The van der Waals surface area contributed by atoms with Gasteiger partial charge in [0.2, 0.25) is 5.91 Å². The van der Waals surface area contributed by atoms with Gasteiger partial charge in [-0.05, 0) is 41.3 Å². The van der Waals surface area contributed by atoms with Crippen LogP contribution in [-0.2, 0) is 19.9 Å². The van der Waals surface area contributed by atoms with E-state index in [-0.39, 0.29) is 41.9 Å². The molecular formula is C23H13Cl2F7N2O3S. The summed E-state index contributed by atoms with van der Waals surface area (Å²) >= 11 is 11.7. The number of fused-ring (bicyclic) bond motifs is 2. The fourth-order valence-electron chi connectivity index (χ4n) is 4.69. The number of carbonyl (C=O) groups is 2. The molecule has 1 atom stereocenters. The lowest BCUT2D eigenvalue weighted by atomic mass is 9.83. The van der Waals surface area contributed by atoms with Gasteiger partial charge in [-0.25, -0.2) is 13.6 Å². The van der Waals surface area contributed by atoms with Crippen LogP contribution >= 0.6 is 35.1 Å². The van der Waals surface area contributed by atoms with Gasteiger partial charge in [-0.3, -0.25) is 4.79 Å². The van der Waals surface area contributed by atoms with E-state index in [1.54, 1.807) is 0 Å². The predicted octanol–water partition coefficient (Wildman–Crippen LogP) is 6.59. The molecule has 202 valence electrons. The second-order valence-corrected chi connectivity index (χ2v) is 10.9. The third-order valence-electron chi connectivity index (χ3n) is 6.58. The summed E-state index contributed by atoms with van der Waals surface area (Å²) in [6, 6.07) is 5.82. The Morgan fingerprint density at radius 3 is 2.29 bits per heavy atom. The minimum atomic E-state index is -4.86. The average molecular weight is 601 g/mol. The number of benzene rings is 2. The number of carbonyl (C=O) groups excluding carboxylic acids is 2. The van der Waals surface area contributed by atoms with Crippen molar-refractivity contribution in [1.82, 2.24) is 4.90 Å². The molecule has 3 heterocycles. The topological polar surface area (TPSA) is 59.0 Å². The molecule has 5 rings (SSSR count). The Bertz CT molecular complexity index is 1380. The third-order valence-corrected chi connectivity index (χ3v) is 8.37. The van der Waals surface area contributed by atoms with Crippen molar-refractivity contribution < 1.29 is 45.1 Å². The van der Waals surface area contributed by atoms with Crippen LogP contribution in [0.25, 0.3) is 0 Å². The largest absolute Gasteiger partial charge is 0.447 e. The smallest absolute Gasteiger partial charge is 0.409 e. The average Bonchev–Trinajstić information content (AvgIpc) is 3.35. The van der Waals surface area contributed by atoms with E-state index >= 15 is 0 Å². The fraction of sp³-hybridized carbons (Fsp3) is 0.348. The van der Waals surface area contributed by atoms with Crippen LogP contribution in [0.4, 0.5) is 30.7 Å². The molecule has 1 saturated heterocycles. The Morgan fingerprint density at radius 2 is 1.71 bits per heavy atom. The van der Waals surface area contributed by atoms with E-state index in [0.29, 0.717) is 5.56 Å². The first-order chi connectivity index (χ1) is 17.6. The van der Waals surface area contributed by atoms with Gasteiger partial charge in [0.05, 0.1) is 34.4 Å². The summed E-state index contributed by atoms with van der Waals surface area (Å²) in [5.41, 5.74) is -1.24. The van der Waals surface area contributed by atoms with Crippen LogP contribution in [0.2, 0.25) is 10.0 Å². The summed E-state index contributed by atoms with van der Waals surface area (Å²) < 4.78 is 101. The molecule has 5 nitrogen and oxygen atoms in total. The van der Waals surface area contributed by atoms with E-state index in [4.69, 9.17) is 27.9 Å². The van der Waals surface area contributed by atoms with Crippen LogP contribution in [0.3, 0.4) is 0 Å². The minimum absolute atomic E-state index is 0.00972. The van der Waals surface area contributed by atoms with Crippen molar-refractivity contribution in [1.29, 1.82) is 0 Å². The lowest BCUT2D eigenvalue weighted by molar-refractivity contribution is -0.177. The summed E-state index contributed by atoms with van der Waals surface area (Å²) in [6.45, 7) is -0.555. The molecule has 1 amide bonds. The second kappa shape index (κ2) is 8.75. The van der Waals surface area contributed by atoms with E-state index in [1.807, 2.05) is 0 Å². The molecule has 1 unspecified atom stereocenters. The van der Waals surface area contributed by atoms with Gasteiger partial charge < -0.3 is 9.64 Å². The lowest BCUT2D eigenvalue weighted by Crippen LogP contribution is -2.61. The van der Waals surface area contributed by atoms with Crippen molar-refractivity contribution >= 4 is 52.7 Å². The Morgan fingerprint density at radius 1 is 1.08 bits per heavy atom. The molecule has 0 saturated carbocycles. The van der Waals surface area contributed by atoms with Crippen molar-refractivity contribution in [2.45, 2.75) is 35.5 Å². The molecule has 0 bridgehead atoms. The number of esters is 1. The predicted molar refractivity (Wildman–Crippen MR) is 124 cm³/mol. The van der Waals surface area contributed by atoms with E-state index in [0.717, 1.165) is 17.0 Å². The number of amides is 1. The minimum Gasteiger partial charge on any atom is -0.447 e. The first-order valence-electron chi connectivity index (χ1n) is 10.7. The molecule has 3 aliphatic rings. The van der Waals surface area contributed by atoms with Crippen molar-refractivity contribution in [2.75, 3.05) is 13.1 Å². The second-order valence-electron chi connectivity index (χ2n) is 9.07. The monoisotopic (exact) mass is 600 g/mol. The molecule has 0 N–H and O–H groups in total. The molecule has 1 fully saturated rings. The lowest BCUT2D eigenvalue weighted by Gasteiger charge is -2.46. The van der Waals surface area contributed by atoms with Crippen LogP contribution < -0.4 is 0 Å². The van der Waals surface area contributed by atoms with Crippen molar-refractivity contribution in [3.8, 4) is 0 Å². The van der Waals surface area contributed by atoms with Gasteiger partial charge in [0.25, 0.3) is 0 Å². The number of nitrogens with zero attached hydrogens (tertiary/aromatic N) is 2. The Labute approximate surface area is 224 Å². The number of ether oxygens (including phenoxy) is 1. The van der Waals surface area contributed by atoms with E-state index in [2.05, 4.69) is 4.40 Å². The van der Waals surface area contributed by atoms with Crippen LogP contribution in [-0.4, -0.2) is 47.9 Å². The Kier molecular flexibility index (Phi) is 6.23. The van der Waals surface area contributed by atoms with E-state index in [9.17, 15) is 40.3 Å². The Balaban J connectivity index is 1.41. The number of rotatable bonds is 3. The zero-order valence-corrected chi connectivity index (χ0v) is 21.0. The Hall–Kier alpha value is -2.51. The molecule has 0 aromatic heterocycles. The van der Waals surface area contributed by atoms with Gasteiger partial charge in [0.1, 0.15) is 6.42 Å². The quantitative estimate of drug-likeness (QED) is 0.173. The highest BCUT2D eigenvalue weighted by molar-refractivity contribution is 7.99. The first-order valence-corrected chi connectivity index (χ1v) is 12.3. The molecule has 3 aliphatic heterocycles. The summed E-state index contributed by atoms with van der Waals surface area (Å²) in [6.07, 6.45) is -11.9. The van der Waals surface area contributed by atoms with E-state index in [1.165, 1.54) is 18.2 Å². The molecule has 2 aromatic rings. The number of likely N-dealkylation sites (tertiary alicyclic amines) is 1. The maximum absolute atomic E-state index is 14.3. The fourth-order valence-corrected chi connectivity index (χ4v) is 6.14. The molecule has 38 heavy (non-hydrogen) atoms. The maximum Gasteiger partial charge on any atom is 0.409 e. The highest BCUT2D eigenvalue weighted by Gasteiger charge is 2.61. The van der Waals surface area contributed by atoms with Crippen LogP contribution in [0.15, 0.2) is 34.7 Å². The molecule has 0 aliphatic carbocycles. The zero-order chi connectivity index (χ0) is 27.8. The first kappa shape index (κ1) is 27.1. The summed E-state index contributed by atoms with van der Waals surface area (Å²) in [7, 11) is 0. The maximum atomic E-state index is 14.3. The van der Waals surface area contributed by atoms with Gasteiger partial charge in [-0.2, -0.15) is 26.3 Å². The number of hydrogen-bond acceptors (Lipinski definition) is 5. The van der Waals surface area contributed by atoms with Crippen molar-refractivity contribution in [3.05, 3.63) is 68.4 Å². The number of hydrogen-bond donors (Lipinski definition) is 0. The number of halogens is 9. The number of alkyl halides is 6. The highest BCUT2D eigenvalue weighted by atomic mass is 35.5. The van der Waals surface area contributed by atoms with Crippen molar-refractivity contribution in [3.63, 3.8) is 0 Å². The zero-order valence-electron chi connectivity index (χ0n) is 18.6. The molecular weight excluding hydrogens is 588 g/mol. The van der Waals surface area contributed by atoms with Gasteiger partial charge in [-0.1, -0.05) is 35.3 Å². The molecule has 15 heteroatoms. The van der Waals surface area contributed by atoms with Gasteiger partial charge in [0.15, 0.2) is 16.2 Å².